The molecule has 0 amide bonds. The fraction of sp³-hybridized carbons (Fsp3) is 0.692. The molecule has 1 aromatic rings. The zero-order valence-electron chi connectivity index (χ0n) is 12.1. The molecule has 0 aromatic carbocycles. The van der Waals surface area contributed by atoms with Crippen molar-refractivity contribution in [1.29, 1.82) is 0 Å². The van der Waals surface area contributed by atoms with Crippen molar-refractivity contribution in [2.45, 2.75) is 34.1 Å². The molecule has 0 unspecified atom stereocenters. The smallest absolute Gasteiger partial charge is 0.188 e. The molecule has 5 nitrogen and oxygen atoms in total. The summed E-state index contributed by atoms with van der Waals surface area (Å²) in [5.74, 6) is 1.07. The number of guanidine groups is 1. The SMILES string of the molecule is Cc1nn(C)c(C)c1CCNC(N)=NCC(C)C. The molecule has 1 rings (SSSR count). The summed E-state index contributed by atoms with van der Waals surface area (Å²) in [7, 11) is 1.97. The van der Waals surface area contributed by atoms with Gasteiger partial charge < -0.3 is 11.1 Å². The zero-order valence-corrected chi connectivity index (χ0v) is 12.1. The highest BCUT2D eigenvalue weighted by Crippen LogP contribution is 2.11. The van der Waals surface area contributed by atoms with Crippen LogP contribution < -0.4 is 11.1 Å². The predicted octanol–water partition coefficient (Wildman–Crippen LogP) is 1.14. The van der Waals surface area contributed by atoms with Crippen LogP contribution in [0.2, 0.25) is 0 Å². The summed E-state index contributed by atoms with van der Waals surface area (Å²) in [5, 5.41) is 7.54. The van der Waals surface area contributed by atoms with E-state index >= 15 is 0 Å². The summed E-state index contributed by atoms with van der Waals surface area (Å²) in [6, 6.07) is 0. The van der Waals surface area contributed by atoms with Gasteiger partial charge in [-0.2, -0.15) is 5.10 Å². The van der Waals surface area contributed by atoms with Gasteiger partial charge >= 0.3 is 0 Å². The summed E-state index contributed by atoms with van der Waals surface area (Å²) < 4.78 is 1.92. The second-order valence-electron chi connectivity index (χ2n) is 5.07. The average Bonchev–Trinajstić information content (AvgIpc) is 2.53. The number of hydrogen-bond acceptors (Lipinski definition) is 2. The maximum Gasteiger partial charge on any atom is 0.188 e. The van der Waals surface area contributed by atoms with Crippen molar-refractivity contribution in [2.24, 2.45) is 23.7 Å². The molecule has 102 valence electrons. The van der Waals surface area contributed by atoms with Crippen molar-refractivity contribution >= 4 is 5.96 Å². The first-order chi connectivity index (χ1) is 8.41. The van der Waals surface area contributed by atoms with E-state index in [-0.39, 0.29) is 0 Å². The van der Waals surface area contributed by atoms with Gasteiger partial charge in [0.25, 0.3) is 0 Å². The number of hydrogen-bond donors (Lipinski definition) is 2. The minimum atomic E-state index is 0.530. The van der Waals surface area contributed by atoms with Crippen molar-refractivity contribution in [3.8, 4) is 0 Å². The molecular weight excluding hydrogens is 226 g/mol. The maximum atomic E-state index is 5.79. The highest BCUT2D eigenvalue weighted by Gasteiger charge is 2.08. The van der Waals surface area contributed by atoms with Crippen LogP contribution in [0.25, 0.3) is 0 Å². The molecular formula is C13H25N5. The maximum absolute atomic E-state index is 5.79. The Morgan fingerprint density at radius 1 is 1.44 bits per heavy atom. The Bertz CT molecular complexity index is 417. The molecule has 0 bridgehead atoms. The minimum absolute atomic E-state index is 0.530. The van der Waals surface area contributed by atoms with Gasteiger partial charge in [0.15, 0.2) is 5.96 Å². The number of rotatable bonds is 5. The number of nitrogens with zero attached hydrogens (tertiary/aromatic N) is 3. The normalized spacial score (nSPS) is 12.2. The number of aryl methyl sites for hydroxylation is 2. The lowest BCUT2D eigenvalue weighted by Gasteiger charge is -2.07. The lowest BCUT2D eigenvalue weighted by Crippen LogP contribution is -2.33. The summed E-state index contributed by atoms with van der Waals surface area (Å²) in [6.45, 7) is 9.94. The highest BCUT2D eigenvalue weighted by molar-refractivity contribution is 5.77. The van der Waals surface area contributed by atoms with Gasteiger partial charge in [-0.05, 0) is 31.7 Å². The number of nitrogens with one attached hydrogen (secondary N) is 1. The number of aromatic nitrogens is 2. The van der Waals surface area contributed by atoms with Gasteiger partial charge in [-0.1, -0.05) is 13.8 Å². The highest BCUT2D eigenvalue weighted by atomic mass is 15.3. The Hall–Kier alpha value is -1.52. The third-order valence-electron chi connectivity index (χ3n) is 2.97. The lowest BCUT2D eigenvalue weighted by molar-refractivity contribution is 0.661. The van der Waals surface area contributed by atoms with Crippen molar-refractivity contribution in [2.75, 3.05) is 13.1 Å². The van der Waals surface area contributed by atoms with Crippen LogP contribution in [-0.2, 0) is 13.5 Å². The van der Waals surface area contributed by atoms with E-state index in [0.29, 0.717) is 11.9 Å². The van der Waals surface area contributed by atoms with Gasteiger partial charge in [-0.15, -0.1) is 0 Å². The van der Waals surface area contributed by atoms with E-state index in [4.69, 9.17) is 5.73 Å². The van der Waals surface area contributed by atoms with Crippen LogP contribution in [-0.4, -0.2) is 28.8 Å². The van der Waals surface area contributed by atoms with Crippen LogP contribution >= 0.6 is 0 Å². The predicted molar refractivity (Wildman–Crippen MR) is 75.7 cm³/mol. The Labute approximate surface area is 109 Å². The van der Waals surface area contributed by atoms with Gasteiger partial charge in [-0.3, -0.25) is 9.67 Å². The molecule has 0 fully saturated rings. The molecule has 0 saturated carbocycles. The second kappa shape index (κ2) is 6.42. The number of aliphatic imine (C=N–C) groups is 1. The summed E-state index contributed by atoms with van der Waals surface area (Å²) >= 11 is 0. The molecule has 0 saturated heterocycles. The van der Waals surface area contributed by atoms with Gasteiger partial charge in [-0.25, -0.2) is 0 Å². The van der Waals surface area contributed by atoms with Crippen molar-refractivity contribution in [1.82, 2.24) is 15.1 Å². The van der Waals surface area contributed by atoms with Crippen LogP contribution in [0, 0.1) is 19.8 Å². The van der Waals surface area contributed by atoms with Gasteiger partial charge in [0.05, 0.1) is 5.69 Å². The molecule has 3 N–H and O–H groups in total. The van der Waals surface area contributed by atoms with Crippen molar-refractivity contribution in [3.63, 3.8) is 0 Å². The fourth-order valence-electron chi connectivity index (χ4n) is 1.83. The third kappa shape index (κ3) is 4.05. The van der Waals surface area contributed by atoms with Crippen molar-refractivity contribution < 1.29 is 0 Å². The van der Waals surface area contributed by atoms with E-state index in [9.17, 15) is 0 Å². The van der Waals surface area contributed by atoms with Crippen LogP contribution in [0.15, 0.2) is 4.99 Å². The summed E-state index contributed by atoms with van der Waals surface area (Å²) in [4.78, 5) is 4.27. The van der Waals surface area contributed by atoms with Crippen LogP contribution in [0.5, 0.6) is 0 Å². The van der Waals surface area contributed by atoms with Crippen LogP contribution in [0.4, 0.5) is 0 Å². The molecule has 1 heterocycles. The molecule has 0 radical (unpaired) electrons. The van der Waals surface area contributed by atoms with E-state index in [1.165, 1.54) is 11.3 Å². The van der Waals surface area contributed by atoms with E-state index in [0.717, 1.165) is 25.2 Å². The standard InChI is InChI=1S/C13H25N5/c1-9(2)8-16-13(14)15-7-6-12-10(3)17-18(5)11(12)4/h9H,6-8H2,1-5H3,(H3,14,15,16). The second-order valence-corrected chi connectivity index (χ2v) is 5.07. The number of nitrogens with two attached hydrogens (primary N) is 1. The van der Waals surface area contributed by atoms with Gasteiger partial charge in [0.1, 0.15) is 0 Å². The topological polar surface area (TPSA) is 68.2 Å². The minimum Gasteiger partial charge on any atom is -0.370 e. The Kier molecular flexibility index (Phi) is 5.19. The van der Waals surface area contributed by atoms with Gasteiger partial charge in [0, 0.05) is 25.8 Å². The van der Waals surface area contributed by atoms with Crippen molar-refractivity contribution in [3.05, 3.63) is 17.0 Å². The first-order valence-corrected chi connectivity index (χ1v) is 6.44. The first kappa shape index (κ1) is 14.5. The molecule has 1 aromatic heterocycles. The molecule has 18 heavy (non-hydrogen) atoms. The molecule has 0 aliphatic heterocycles. The van der Waals surface area contributed by atoms with E-state index in [1.807, 2.05) is 18.7 Å². The largest absolute Gasteiger partial charge is 0.370 e. The third-order valence-corrected chi connectivity index (χ3v) is 2.97. The first-order valence-electron chi connectivity index (χ1n) is 6.44. The molecule has 0 atom stereocenters. The zero-order chi connectivity index (χ0) is 13.7. The summed E-state index contributed by atoms with van der Waals surface area (Å²) in [6.07, 6.45) is 0.920. The van der Waals surface area contributed by atoms with E-state index < -0.39 is 0 Å². The average molecular weight is 251 g/mol. The summed E-state index contributed by atoms with van der Waals surface area (Å²) in [5.41, 5.74) is 9.39. The quantitative estimate of drug-likeness (QED) is 0.609. The Balaban J connectivity index is 2.44. The Morgan fingerprint density at radius 3 is 2.61 bits per heavy atom. The Morgan fingerprint density at radius 2 is 2.11 bits per heavy atom. The van der Waals surface area contributed by atoms with E-state index in [1.54, 1.807) is 0 Å². The fourth-order valence-corrected chi connectivity index (χ4v) is 1.83. The van der Waals surface area contributed by atoms with Gasteiger partial charge in [0.2, 0.25) is 0 Å². The molecule has 5 heteroatoms. The molecule has 0 spiro atoms. The van der Waals surface area contributed by atoms with Crippen LogP contribution in [0.1, 0.15) is 30.8 Å². The molecule has 0 aliphatic rings. The molecule has 0 aliphatic carbocycles. The van der Waals surface area contributed by atoms with E-state index in [2.05, 4.69) is 36.2 Å². The lowest BCUT2D eigenvalue weighted by atomic mass is 10.1. The van der Waals surface area contributed by atoms with Crippen LogP contribution in [0.3, 0.4) is 0 Å². The monoisotopic (exact) mass is 251 g/mol.